The van der Waals surface area contributed by atoms with Crippen LogP contribution in [-0.2, 0) is 14.4 Å². The number of fused-ring (bicyclic) bond motifs is 1. The quantitative estimate of drug-likeness (QED) is 0.294. The van der Waals surface area contributed by atoms with Gasteiger partial charge in [0, 0.05) is 42.1 Å². The summed E-state index contributed by atoms with van der Waals surface area (Å²) in [6.45, 7) is 2.31. The van der Waals surface area contributed by atoms with Gasteiger partial charge in [-0.15, -0.1) is 11.8 Å². The third-order valence-corrected chi connectivity index (χ3v) is 7.59. The zero-order chi connectivity index (χ0) is 19.5. The van der Waals surface area contributed by atoms with E-state index in [1.165, 1.54) is 16.7 Å². The first-order valence-corrected chi connectivity index (χ1v) is 10.3. The zero-order valence-corrected chi connectivity index (χ0v) is 19.1. The van der Waals surface area contributed by atoms with Gasteiger partial charge in [-0.25, -0.2) is 0 Å². The van der Waals surface area contributed by atoms with Gasteiger partial charge in [-0.3, -0.25) is 9.59 Å². The number of carboxylic acids is 1. The standard InChI is InChI=1S/C18H25N3O5S.Na/c1-7(22)14-12-5-13(15(18(25)26)21(12)17(14)24)27-8-3-11(20-6-8)9-4-10(9)16(23)19-2;/h7-12,14,20,22H,3-6H2,1-2H3,(H,19,23)(H,25,26);/q;+1/p-1/t7-,8+,9-,10-,11+,12-,14-;/m1./s1. The predicted molar refractivity (Wildman–Crippen MR) is 95.9 cm³/mol. The van der Waals surface area contributed by atoms with Gasteiger partial charge in [0.25, 0.3) is 0 Å². The van der Waals surface area contributed by atoms with E-state index in [1.54, 1.807) is 14.0 Å². The smallest absolute Gasteiger partial charge is 0.543 e. The number of aliphatic hydroxyl groups excluding tert-OH is 1. The number of carboxylic acid groups (broad SMARTS) is 1. The Morgan fingerprint density at radius 2 is 2.11 bits per heavy atom. The predicted octanol–water partition coefficient (Wildman–Crippen LogP) is -4.59. The van der Waals surface area contributed by atoms with E-state index in [-0.39, 0.29) is 70.3 Å². The molecule has 3 N–H and O–H groups in total. The van der Waals surface area contributed by atoms with Crippen LogP contribution in [0.5, 0.6) is 0 Å². The third-order valence-electron chi connectivity index (χ3n) is 6.25. The molecule has 28 heavy (non-hydrogen) atoms. The number of hydrogen-bond donors (Lipinski definition) is 3. The molecular formula is C18H24N3NaO5S. The van der Waals surface area contributed by atoms with Crippen molar-refractivity contribution in [1.29, 1.82) is 0 Å². The van der Waals surface area contributed by atoms with Crippen molar-refractivity contribution in [3.05, 3.63) is 10.6 Å². The van der Waals surface area contributed by atoms with E-state index < -0.39 is 18.0 Å². The average molecular weight is 417 g/mol. The van der Waals surface area contributed by atoms with Crippen molar-refractivity contribution >= 4 is 29.5 Å². The monoisotopic (exact) mass is 417 g/mol. The second-order valence-electron chi connectivity index (χ2n) is 7.92. The van der Waals surface area contributed by atoms with Crippen LogP contribution in [0.2, 0.25) is 0 Å². The Kier molecular flexibility index (Phi) is 6.54. The van der Waals surface area contributed by atoms with Crippen molar-refractivity contribution in [1.82, 2.24) is 15.5 Å². The number of aliphatic carboxylic acids is 1. The van der Waals surface area contributed by atoms with Crippen molar-refractivity contribution in [3.63, 3.8) is 0 Å². The average Bonchev–Trinajstić information content (AvgIpc) is 3.16. The molecule has 10 heteroatoms. The molecule has 7 atom stereocenters. The molecule has 0 spiro atoms. The number of β-lactam (4-membered cyclic amide) rings is 1. The van der Waals surface area contributed by atoms with E-state index >= 15 is 0 Å². The zero-order valence-electron chi connectivity index (χ0n) is 16.3. The van der Waals surface area contributed by atoms with E-state index in [0.717, 1.165) is 19.4 Å². The molecule has 0 aromatic rings. The fourth-order valence-electron chi connectivity index (χ4n) is 4.82. The van der Waals surface area contributed by atoms with Crippen LogP contribution in [0.1, 0.15) is 26.2 Å². The van der Waals surface area contributed by atoms with Crippen LogP contribution >= 0.6 is 11.8 Å². The molecule has 2 saturated heterocycles. The largest absolute Gasteiger partial charge is 1.00 e. The Morgan fingerprint density at radius 1 is 1.39 bits per heavy atom. The molecule has 3 fully saturated rings. The minimum atomic E-state index is -1.33. The summed E-state index contributed by atoms with van der Waals surface area (Å²) in [6, 6.07) is -0.0128. The molecule has 2 amide bonds. The number of aliphatic hydroxyl groups is 1. The number of nitrogens with one attached hydrogen (secondary N) is 2. The third kappa shape index (κ3) is 3.65. The summed E-state index contributed by atoms with van der Waals surface area (Å²) in [5.74, 6) is -1.70. The molecule has 3 aliphatic heterocycles. The normalized spacial score (nSPS) is 37.1. The van der Waals surface area contributed by atoms with Gasteiger partial charge in [0.15, 0.2) is 0 Å². The SMILES string of the molecule is CNC(=O)[C@@H]1C[C@H]1[C@@H]1C[C@H](SC2=C(C(=O)[O-])N3C(=O)[C@H]([C@@H](C)O)[C@H]3C2)CN1.[Na+]. The Labute approximate surface area is 190 Å². The summed E-state index contributed by atoms with van der Waals surface area (Å²) in [5.41, 5.74) is -0.0231. The van der Waals surface area contributed by atoms with Crippen LogP contribution < -0.4 is 45.3 Å². The summed E-state index contributed by atoms with van der Waals surface area (Å²) < 4.78 is 0. The number of carbonyl (C=O) groups excluding carboxylic acids is 3. The second-order valence-corrected chi connectivity index (χ2v) is 9.31. The molecule has 0 unspecified atom stereocenters. The van der Waals surface area contributed by atoms with Crippen LogP contribution in [0.15, 0.2) is 10.6 Å². The van der Waals surface area contributed by atoms with E-state index in [9.17, 15) is 24.6 Å². The van der Waals surface area contributed by atoms with E-state index in [0.29, 0.717) is 17.2 Å². The molecule has 1 saturated carbocycles. The maximum absolute atomic E-state index is 12.2. The fourth-order valence-corrected chi connectivity index (χ4v) is 6.27. The first-order valence-electron chi connectivity index (χ1n) is 9.40. The molecule has 3 heterocycles. The molecule has 8 nitrogen and oxygen atoms in total. The van der Waals surface area contributed by atoms with Crippen LogP contribution in [0.3, 0.4) is 0 Å². The minimum absolute atomic E-state index is 0. The summed E-state index contributed by atoms with van der Waals surface area (Å²) in [7, 11) is 1.65. The number of nitrogens with zero attached hydrogens (tertiary/aromatic N) is 1. The molecule has 4 aliphatic rings. The topological polar surface area (TPSA) is 122 Å². The van der Waals surface area contributed by atoms with E-state index in [4.69, 9.17) is 0 Å². The first-order chi connectivity index (χ1) is 12.8. The Bertz CT molecular complexity index is 730. The van der Waals surface area contributed by atoms with Crippen LogP contribution in [0, 0.1) is 17.8 Å². The maximum Gasteiger partial charge on any atom is 1.00 e. The fraction of sp³-hybridized carbons (Fsp3) is 0.722. The van der Waals surface area contributed by atoms with Gasteiger partial charge >= 0.3 is 29.6 Å². The van der Waals surface area contributed by atoms with Crippen LogP contribution in [0.25, 0.3) is 0 Å². The number of carbonyl (C=O) groups is 3. The second kappa shape index (κ2) is 8.28. The minimum Gasteiger partial charge on any atom is -0.543 e. The Morgan fingerprint density at radius 3 is 2.71 bits per heavy atom. The van der Waals surface area contributed by atoms with Gasteiger partial charge in [-0.1, -0.05) is 0 Å². The number of hydrogen-bond acceptors (Lipinski definition) is 7. The molecular weight excluding hydrogens is 393 g/mol. The summed E-state index contributed by atoms with van der Waals surface area (Å²) >= 11 is 1.50. The molecule has 148 valence electrons. The van der Waals surface area contributed by atoms with Gasteiger partial charge in [0.2, 0.25) is 11.8 Å². The van der Waals surface area contributed by atoms with Crippen LogP contribution in [-0.4, -0.2) is 64.8 Å². The molecule has 4 rings (SSSR count). The van der Waals surface area contributed by atoms with E-state index in [1.807, 2.05) is 0 Å². The van der Waals surface area contributed by atoms with Gasteiger partial charge in [0.1, 0.15) is 0 Å². The van der Waals surface area contributed by atoms with Gasteiger partial charge in [-0.2, -0.15) is 0 Å². The van der Waals surface area contributed by atoms with Crippen molar-refractivity contribution in [3.8, 4) is 0 Å². The van der Waals surface area contributed by atoms with Crippen LogP contribution in [0.4, 0.5) is 0 Å². The summed E-state index contributed by atoms with van der Waals surface area (Å²) in [6.07, 6.45) is 1.42. The summed E-state index contributed by atoms with van der Waals surface area (Å²) in [5, 5.41) is 27.8. The van der Waals surface area contributed by atoms with Gasteiger partial charge < -0.3 is 30.5 Å². The molecule has 0 aromatic heterocycles. The van der Waals surface area contributed by atoms with Gasteiger partial charge in [-0.05, 0) is 25.7 Å². The van der Waals surface area contributed by atoms with Crippen molar-refractivity contribution < 1.29 is 54.2 Å². The molecule has 1 aliphatic carbocycles. The van der Waals surface area contributed by atoms with Crippen molar-refractivity contribution in [2.24, 2.45) is 17.8 Å². The van der Waals surface area contributed by atoms with E-state index in [2.05, 4.69) is 10.6 Å². The molecule has 0 radical (unpaired) electrons. The first kappa shape index (κ1) is 22.1. The van der Waals surface area contributed by atoms with Gasteiger partial charge in [0.05, 0.1) is 29.7 Å². The molecule has 0 bridgehead atoms. The molecule has 0 aromatic carbocycles. The maximum atomic E-state index is 12.2. The Balaban J connectivity index is 0.00000225. The summed E-state index contributed by atoms with van der Waals surface area (Å²) in [4.78, 5) is 37.6. The number of rotatable bonds is 6. The van der Waals surface area contributed by atoms with Crippen molar-refractivity contribution in [2.45, 2.75) is 49.6 Å². The number of amides is 2. The number of thioether (sulfide) groups is 1. The van der Waals surface area contributed by atoms with Crippen molar-refractivity contribution in [2.75, 3.05) is 13.6 Å². The Hall–Kier alpha value is -0.580.